The molecular weight excluding hydrogens is 334 g/mol. The molecule has 2 nitrogen and oxygen atoms in total. The van der Waals surface area contributed by atoms with Crippen molar-refractivity contribution in [2.45, 2.75) is 25.8 Å². The second kappa shape index (κ2) is 7.98. The molecule has 0 bridgehead atoms. The van der Waals surface area contributed by atoms with Crippen LogP contribution >= 0.6 is 36.4 Å². The van der Waals surface area contributed by atoms with Gasteiger partial charge in [-0.25, -0.2) is 4.39 Å². The van der Waals surface area contributed by atoms with E-state index in [-0.39, 0.29) is 36.7 Å². The van der Waals surface area contributed by atoms with E-state index in [0.29, 0.717) is 10.9 Å². The lowest BCUT2D eigenvalue weighted by molar-refractivity contribution is 0.153. The molecule has 3 rings (SSSR count). The highest BCUT2D eigenvalue weighted by atomic mass is 35.5. The number of halogens is 4. The summed E-state index contributed by atoms with van der Waals surface area (Å²) in [5.74, 6) is 0.429. The topological polar surface area (TPSA) is 15.3 Å². The van der Waals surface area contributed by atoms with Gasteiger partial charge in [-0.2, -0.15) is 0 Å². The largest absolute Gasteiger partial charge is 0.314 e. The van der Waals surface area contributed by atoms with E-state index in [1.54, 1.807) is 12.1 Å². The molecule has 2 fully saturated rings. The summed E-state index contributed by atoms with van der Waals surface area (Å²) in [5.41, 5.74) is 1.70. The zero-order valence-electron chi connectivity index (χ0n) is 12.1. The predicted octanol–water partition coefficient (Wildman–Crippen LogP) is 3.99. The number of rotatable bonds is 3. The van der Waals surface area contributed by atoms with E-state index < -0.39 is 0 Å². The summed E-state index contributed by atoms with van der Waals surface area (Å²) in [4.78, 5) is 2.40. The summed E-state index contributed by atoms with van der Waals surface area (Å²) in [6.07, 6.45) is 2.39. The molecule has 21 heavy (non-hydrogen) atoms. The third-order valence-corrected chi connectivity index (χ3v) is 4.73. The molecule has 0 unspecified atom stereocenters. The van der Waals surface area contributed by atoms with Gasteiger partial charge in [-0.15, -0.1) is 24.8 Å². The zero-order valence-corrected chi connectivity index (χ0v) is 14.5. The van der Waals surface area contributed by atoms with Crippen LogP contribution < -0.4 is 5.32 Å². The van der Waals surface area contributed by atoms with Gasteiger partial charge < -0.3 is 5.32 Å². The number of hydrogen-bond acceptors (Lipinski definition) is 2. The molecule has 2 aliphatic rings. The number of hydrogen-bond donors (Lipinski definition) is 1. The first-order valence-electron chi connectivity index (χ1n) is 7.07. The maximum absolute atomic E-state index is 14.3. The van der Waals surface area contributed by atoms with Crippen molar-refractivity contribution < 1.29 is 4.39 Å². The zero-order chi connectivity index (χ0) is 13.4. The molecule has 0 aromatic heterocycles. The van der Waals surface area contributed by atoms with E-state index in [4.69, 9.17) is 11.6 Å². The summed E-state index contributed by atoms with van der Waals surface area (Å²) < 4.78 is 14.3. The molecule has 120 valence electrons. The molecule has 1 heterocycles. The first-order valence-corrected chi connectivity index (χ1v) is 7.45. The fraction of sp³-hybridized carbons (Fsp3) is 0.600. The number of benzene rings is 1. The maximum Gasteiger partial charge on any atom is 0.129 e. The Hall–Kier alpha value is -0.0600. The van der Waals surface area contributed by atoms with Crippen LogP contribution in [-0.2, 0) is 0 Å². The minimum absolute atomic E-state index is 0. The van der Waals surface area contributed by atoms with Crippen molar-refractivity contribution in [2.75, 3.05) is 26.2 Å². The van der Waals surface area contributed by atoms with E-state index in [9.17, 15) is 4.39 Å². The van der Waals surface area contributed by atoms with Crippen LogP contribution in [0.4, 0.5) is 4.39 Å². The van der Waals surface area contributed by atoms with Gasteiger partial charge in [0.2, 0.25) is 0 Å². The Morgan fingerprint density at radius 2 is 1.86 bits per heavy atom. The lowest BCUT2D eigenvalue weighted by Crippen LogP contribution is -2.46. The van der Waals surface area contributed by atoms with Crippen molar-refractivity contribution in [1.82, 2.24) is 10.2 Å². The van der Waals surface area contributed by atoms with E-state index >= 15 is 0 Å². The quantitative estimate of drug-likeness (QED) is 0.882. The summed E-state index contributed by atoms with van der Waals surface area (Å²) in [6.45, 7) is 5.87. The van der Waals surface area contributed by atoms with Gasteiger partial charge in [0, 0.05) is 37.8 Å². The van der Waals surface area contributed by atoms with Gasteiger partial charge in [0.05, 0.1) is 5.02 Å². The fourth-order valence-corrected chi connectivity index (χ4v) is 3.30. The monoisotopic (exact) mass is 354 g/mol. The summed E-state index contributed by atoms with van der Waals surface area (Å²) in [7, 11) is 0. The van der Waals surface area contributed by atoms with Crippen molar-refractivity contribution in [3.63, 3.8) is 0 Å². The molecule has 1 saturated carbocycles. The molecule has 6 heteroatoms. The first kappa shape index (κ1) is 19.0. The third-order valence-electron chi connectivity index (χ3n) is 4.23. The fourth-order valence-electron chi connectivity index (χ4n) is 3.04. The van der Waals surface area contributed by atoms with Crippen LogP contribution in [0, 0.1) is 18.7 Å². The first-order chi connectivity index (χ1) is 9.18. The SMILES string of the molecule is Cc1ccc(F)c([C@H](C2CC2)N2CCNCC2)c1Cl.Cl.Cl. The number of piperazine rings is 1. The predicted molar refractivity (Wildman–Crippen MR) is 90.6 cm³/mol. The second-order valence-corrected chi connectivity index (χ2v) is 6.04. The van der Waals surface area contributed by atoms with Gasteiger partial charge >= 0.3 is 0 Å². The van der Waals surface area contributed by atoms with Crippen LogP contribution in [0.2, 0.25) is 5.02 Å². The highest BCUT2D eigenvalue weighted by molar-refractivity contribution is 6.32. The molecule has 0 radical (unpaired) electrons. The molecule has 0 spiro atoms. The molecule has 1 aromatic carbocycles. The minimum Gasteiger partial charge on any atom is -0.314 e. The van der Waals surface area contributed by atoms with Crippen LogP contribution in [0.5, 0.6) is 0 Å². The summed E-state index contributed by atoms with van der Waals surface area (Å²) in [6, 6.07) is 3.49. The van der Waals surface area contributed by atoms with Crippen molar-refractivity contribution in [1.29, 1.82) is 0 Å². The van der Waals surface area contributed by atoms with Crippen LogP contribution in [0.1, 0.15) is 30.0 Å². The molecule has 1 N–H and O–H groups in total. The van der Waals surface area contributed by atoms with E-state index in [2.05, 4.69) is 10.2 Å². The Labute approximate surface area is 143 Å². The Kier molecular flexibility index (Phi) is 7.21. The average molecular weight is 356 g/mol. The Balaban J connectivity index is 0.00000110. The van der Waals surface area contributed by atoms with Crippen molar-refractivity contribution in [2.24, 2.45) is 5.92 Å². The summed E-state index contributed by atoms with van der Waals surface area (Å²) in [5, 5.41) is 3.97. The molecule has 1 aliphatic carbocycles. The van der Waals surface area contributed by atoms with Crippen LogP contribution in [0.25, 0.3) is 0 Å². The Morgan fingerprint density at radius 3 is 2.43 bits per heavy atom. The van der Waals surface area contributed by atoms with E-state index in [1.165, 1.54) is 12.8 Å². The molecule has 0 amide bonds. The Bertz CT molecular complexity index is 474. The molecule has 1 aromatic rings. The van der Waals surface area contributed by atoms with Crippen LogP contribution in [0.3, 0.4) is 0 Å². The Morgan fingerprint density at radius 1 is 1.24 bits per heavy atom. The van der Waals surface area contributed by atoms with Gasteiger partial charge in [-0.3, -0.25) is 4.90 Å². The minimum atomic E-state index is -0.147. The highest BCUT2D eigenvalue weighted by Crippen LogP contribution is 2.47. The van der Waals surface area contributed by atoms with Gasteiger partial charge in [-0.05, 0) is 37.3 Å². The maximum atomic E-state index is 14.3. The molecular formula is C15H22Cl3FN2. The smallest absolute Gasteiger partial charge is 0.129 e. The lowest BCUT2D eigenvalue weighted by Gasteiger charge is -2.36. The van der Waals surface area contributed by atoms with Gasteiger partial charge in [0.1, 0.15) is 5.82 Å². The van der Waals surface area contributed by atoms with Gasteiger partial charge in [0.25, 0.3) is 0 Å². The van der Waals surface area contributed by atoms with Crippen LogP contribution in [0.15, 0.2) is 12.1 Å². The van der Waals surface area contributed by atoms with Crippen molar-refractivity contribution >= 4 is 36.4 Å². The molecule has 1 atom stereocenters. The van der Waals surface area contributed by atoms with E-state index in [1.807, 2.05) is 6.92 Å². The number of nitrogens with one attached hydrogen (secondary N) is 1. The average Bonchev–Trinajstić information content (AvgIpc) is 3.24. The van der Waals surface area contributed by atoms with E-state index in [0.717, 1.165) is 37.3 Å². The van der Waals surface area contributed by atoms with Crippen molar-refractivity contribution in [3.05, 3.63) is 34.1 Å². The molecule has 1 aliphatic heterocycles. The molecule has 1 saturated heterocycles. The normalized spacial score (nSPS) is 20.3. The standard InChI is InChI=1S/C15H20ClFN2.2ClH/c1-10-2-5-12(17)13(14(10)16)15(11-3-4-11)19-8-6-18-7-9-19;;/h2,5,11,15,18H,3-4,6-9H2,1H3;2*1H/t15-;;/m0../s1. The lowest BCUT2D eigenvalue weighted by atomic mass is 9.97. The van der Waals surface area contributed by atoms with Gasteiger partial charge in [0.15, 0.2) is 0 Å². The third kappa shape index (κ3) is 4.02. The van der Waals surface area contributed by atoms with Crippen LogP contribution in [-0.4, -0.2) is 31.1 Å². The number of nitrogens with zero attached hydrogens (tertiary/aromatic N) is 1. The van der Waals surface area contributed by atoms with Crippen molar-refractivity contribution in [3.8, 4) is 0 Å². The highest BCUT2D eigenvalue weighted by Gasteiger charge is 2.39. The summed E-state index contributed by atoms with van der Waals surface area (Å²) >= 11 is 6.40. The van der Waals surface area contributed by atoms with Gasteiger partial charge in [-0.1, -0.05) is 17.7 Å². The second-order valence-electron chi connectivity index (χ2n) is 5.66. The number of aryl methyl sites for hydroxylation is 1.